The van der Waals surface area contributed by atoms with Crippen LogP contribution in [0, 0.1) is 5.82 Å². The molecule has 3 rings (SSSR count). The summed E-state index contributed by atoms with van der Waals surface area (Å²) in [4.78, 5) is 7.77. The van der Waals surface area contributed by atoms with E-state index in [1.165, 1.54) is 12.1 Å². The van der Waals surface area contributed by atoms with Crippen molar-refractivity contribution >= 4 is 24.2 Å². The van der Waals surface area contributed by atoms with Crippen LogP contribution in [0.3, 0.4) is 0 Å². The summed E-state index contributed by atoms with van der Waals surface area (Å²) >= 11 is 1.65. The SMILES string of the molecule is CN1CCNCC1c1noc(CCSc2ccc(F)cc2)n1.Cl. The van der Waals surface area contributed by atoms with Gasteiger partial charge in [-0.1, -0.05) is 5.16 Å². The molecule has 1 aromatic heterocycles. The smallest absolute Gasteiger partial charge is 0.227 e. The molecule has 1 saturated heterocycles. The lowest BCUT2D eigenvalue weighted by atomic mass is 10.2. The number of aromatic nitrogens is 2. The lowest BCUT2D eigenvalue weighted by molar-refractivity contribution is 0.190. The number of hydrogen-bond acceptors (Lipinski definition) is 6. The summed E-state index contributed by atoms with van der Waals surface area (Å²) in [5.74, 6) is 2.02. The third-order valence-electron chi connectivity index (χ3n) is 3.69. The molecule has 1 atom stereocenters. The molecule has 0 radical (unpaired) electrons. The molecule has 8 heteroatoms. The van der Waals surface area contributed by atoms with E-state index in [0.717, 1.165) is 36.1 Å². The fourth-order valence-electron chi connectivity index (χ4n) is 2.39. The Morgan fingerprint density at radius 1 is 1.39 bits per heavy atom. The van der Waals surface area contributed by atoms with Crippen LogP contribution in [-0.2, 0) is 6.42 Å². The van der Waals surface area contributed by atoms with Crippen molar-refractivity contribution in [2.24, 2.45) is 0 Å². The van der Waals surface area contributed by atoms with Crippen molar-refractivity contribution in [2.75, 3.05) is 32.4 Å². The van der Waals surface area contributed by atoms with Gasteiger partial charge in [0, 0.05) is 36.7 Å². The summed E-state index contributed by atoms with van der Waals surface area (Å²) in [5, 5.41) is 7.45. The number of piperazine rings is 1. The number of halogens is 2. The molecular weight excluding hydrogens is 339 g/mol. The standard InChI is InChI=1S/C15H19FN4OS.ClH/c1-20-8-7-17-10-13(20)15-18-14(21-19-15)6-9-22-12-4-2-11(16)3-5-12;/h2-5,13,17H,6-10H2,1H3;1H. The second-order valence-electron chi connectivity index (χ2n) is 5.30. The Bertz CT molecular complexity index is 610. The van der Waals surface area contributed by atoms with Crippen LogP contribution in [0.15, 0.2) is 33.7 Å². The normalized spacial score (nSPS) is 18.6. The van der Waals surface area contributed by atoms with Crippen LogP contribution < -0.4 is 5.32 Å². The number of benzene rings is 1. The van der Waals surface area contributed by atoms with Gasteiger partial charge in [0.25, 0.3) is 0 Å². The molecule has 1 fully saturated rings. The third kappa shape index (κ3) is 4.91. The average molecular weight is 359 g/mol. The van der Waals surface area contributed by atoms with Gasteiger partial charge in [-0.15, -0.1) is 24.2 Å². The zero-order chi connectivity index (χ0) is 15.4. The molecule has 2 aromatic rings. The average Bonchev–Trinajstić information content (AvgIpc) is 2.98. The molecule has 1 aliphatic heterocycles. The first-order chi connectivity index (χ1) is 10.7. The summed E-state index contributed by atoms with van der Waals surface area (Å²) in [5.41, 5.74) is 0. The summed E-state index contributed by atoms with van der Waals surface area (Å²) in [6.07, 6.45) is 0.707. The number of hydrogen-bond donors (Lipinski definition) is 1. The van der Waals surface area contributed by atoms with Crippen LogP contribution in [0.2, 0.25) is 0 Å². The van der Waals surface area contributed by atoms with Crippen molar-refractivity contribution in [3.8, 4) is 0 Å². The minimum atomic E-state index is -0.212. The topological polar surface area (TPSA) is 54.2 Å². The Kier molecular flexibility index (Phi) is 6.83. The second kappa shape index (κ2) is 8.63. The number of aryl methyl sites for hydroxylation is 1. The lowest BCUT2D eigenvalue weighted by Crippen LogP contribution is -2.44. The van der Waals surface area contributed by atoms with Gasteiger partial charge in [-0.3, -0.25) is 4.90 Å². The van der Waals surface area contributed by atoms with E-state index in [1.807, 2.05) is 0 Å². The molecule has 1 aliphatic rings. The van der Waals surface area contributed by atoms with Crippen LogP contribution in [0.4, 0.5) is 4.39 Å². The van der Waals surface area contributed by atoms with E-state index in [1.54, 1.807) is 23.9 Å². The van der Waals surface area contributed by atoms with Gasteiger partial charge in [-0.25, -0.2) is 4.39 Å². The Labute approximate surface area is 145 Å². The van der Waals surface area contributed by atoms with E-state index < -0.39 is 0 Å². The molecule has 1 aromatic carbocycles. The van der Waals surface area contributed by atoms with E-state index in [-0.39, 0.29) is 24.3 Å². The van der Waals surface area contributed by atoms with E-state index in [0.29, 0.717) is 12.3 Å². The number of nitrogens with one attached hydrogen (secondary N) is 1. The van der Waals surface area contributed by atoms with Crippen LogP contribution >= 0.6 is 24.2 Å². The second-order valence-corrected chi connectivity index (χ2v) is 6.47. The van der Waals surface area contributed by atoms with E-state index in [4.69, 9.17) is 4.52 Å². The van der Waals surface area contributed by atoms with Gasteiger partial charge < -0.3 is 9.84 Å². The maximum atomic E-state index is 12.8. The van der Waals surface area contributed by atoms with Crippen LogP contribution in [-0.4, -0.2) is 47.5 Å². The van der Waals surface area contributed by atoms with Crippen molar-refractivity contribution in [2.45, 2.75) is 17.4 Å². The maximum Gasteiger partial charge on any atom is 0.227 e. The first-order valence-electron chi connectivity index (χ1n) is 7.34. The number of nitrogens with zero attached hydrogens (tertiary/aromatic N) is 3. The predicted molar refractivity (Wildman–Crippen MR) is 90.6 cm³/mol. The van der Waals surface area contributed by atoms with Gasteiger partial charge in [0.05, 0.1) is 6.04 Å². The Morgan fingerprint density at radius 2 is 2.17 bits per heavy atom. The largest absolute Gasteiger partial charge is 0.339 e. The first-order valence-corrected chi connectivity index (χ1v) is 8.33. The molecule has 0 bridgehead atoms. The molecule has 0 spiro atoms. The molecule has 0 amide bonds. The maximum absolute atomic E-state index is 12.8. The summed E-state index contributed by atoms with van der Waals surface area (Å²) in [6.45, 7) is 2.82. The summed E-state index contributed by atoms with van der Waals surface area (Å²) in [6, 6.07) is 6.68. The van der Waals surface area contributed by atoms with Crippen LogP contribution in [0.1, 0.15) is 17.8 Å². The highest BCUT2D eigenvalue weighted by molar-refractivity contribution is 7.99. The van der Waals surface area contributed by atoms with Crippen LogP contribution in [0.25, 0.3) is 0 Å². The zero-order valence-corrected chi connectivity index (χ0v) is 14.5. The Hall–Kier alpha value is -1.15. The van der Waals surface area contributed by atoms with Gasteiger partial charge in [-0.2, -0.15) is 4.98 Å². The third-order valence-corrected chi connectivity index (χ3v) is 4.70. The molecule has 1 N–H and O–H groups in total. The highest BCUT2D eigenvalue weighted by Crippen LogP contribution is 2.21. The monoisotopic (exact) mass is 358 g/mol. The molecular formula is C15H20ClFN4OS. The van der Waals surface area contributed by atoms with Crippen LogP contribution in [0.5, 0.6) is 0 Å². The van der Waals surface area contributed by atoms with Gasteiger partial charge in [0.1, 0.15) is 5.82 Å². The summed E-state index contributed by atoms with van der Waals surface area (Å²) < 4.78 is 18.2. The molecule has 0 saturated carbocycles. The van der Waals surface area contributed by atoms with E-state index >= 15 is 0 Å². The molecule has 0 aliphatic carbocycles. The number of rotatable bonds is 5. The Balaban J connectivity index is 0.00000192. The van der Waals surface area contributed by atoms with E-state index in [2.05, 4.69) is 27.4 Å². The minimum absolute atomic E-state index is 0. The van der Waals surface area contributed by atoms with Gasteiger partial charge >= 0.3 is 0 Å². The molecule has 5 nitrogen and oxygen atoms in total. The quantitative estimate of drug-likeness (QED) is 0.829. The van der Waals surface area contributed by atoms with Gasteiger partial charge in [0.2, 0.25) is 5.89 Å². The highest BCUT2D eigenvalue weighted by atomic mass is 35.5. The molecule has 23 heavy (non-hydrogen) atoms. The van der Waals surface area contributed by atoms with Gasteiger partial charge in [0.15, 0.2) is 5.82 Å². The van der Waals surface area contributed by atoms with Crippen molar-refractivity contribution in [1.82, 2.24) is 20.4 Å². The Morgan fingerprint density at radius 3 is 2.91 bits per heavy atom. The zero-order valence-electron chi connectivity index (χ0n) is 12.9. The molecule has 126 valence electrons. The first kappa shape index (κ1) is 18.2. The molecule has 1 unspecified atom stereocenters. The van der Waals surface area contributed by atoms with E-state index in [9.17, 15) is 4.39 Å². The van der Waals surface area contributed by atoms with Crippen molar-refractivity contribution in [3.05, 3.63) is 41.8 Å². The number of likely N-dealkylation sites (N-methyl/N-ethyl adjacent to an activating group) is 1. The molecule has 2 heterocycles. The highest BCUT2D eigenvalue weighted by Gasteiger charge is 2.25. The summed E-state index contributed by atoms with van der Waals surface area (Å²) in [7, 11) is 2.08. The fraction of sp³-hybridized carbons (Fsp3) is 0.467. The minimum Gasteiger partial charge on any atom is -0.339 e. The number of thioether (sulfide) groups is 1. The lowest BCUT2D eigenvalue weighted by Gasteiger charge is -2.30. The fourth-order valence-corrected chi connectivity index (χ4v) is 3.23. The van der Waals surface area contributed by atoms with Crippen molar-refractivity contribution in [3.63, 3.8) is 0 Å². The van der Waals surface area contributed by atoms with Gasteiger partial charge in [-0.05, 0) is 31.3 Å². The van der Waals surface area contributed by atoms with Crippen molar-refractivity contribution in [1.29, 1.82) is 0 Å². The van der Waals surface area contributed by atoms with Crippen molar-refractivity contribution < 1.29 is 8.91 Å². The predicted octanol–water partition coefficient (Wildman–Crippen LogP) is 2.54.